The maximum absolute atomic E-state index is 10.6. The van der Waals surface area contributed by atoms with Gasteiger partial charge in [0.05, 0.1) is 10.5 Å². The molecule has 1 heterocycles. The van der Waals surface area contributed by atoms with Crippen molar-refractivity contribution in [2.45, 2.75) is 32.8 Å². The number of nitriles is 1. The van der Waals surface area contributed by atoms with E-state index in [0.29, 0.717) is 12.3 Å². The van der Waals surface area contributed by atoms with Crippen LogP contribution in [-0.2, 0) is 0 Å². The quantitative estimate of drug-likeness (QED) is 0.608. The highest BCUT2D eigenvalue weighted by molar-refractivity contribution is 5.55. The summed E-state index contributed by atoms with van der Waals surface area (Å²) >= 11 is 0. The number of hydrogen-bond donors (Lipinski definition) is 2. The summed E-state index contributed by atoms with van der Waals surface area (Å²) in [6.07, 6.45) is 1.68. The molecule has 2 N–H and O–H groups in total. The molecule has 0 saturated heterocycles. The van der Waals surface area contributed by atoms with Gasteiger partial charge in [0.1, 0.15) is 23.6 Å². The van der Waals surface area contributed by atoms with Crippen LogP contribution in [0.1, 0.15) is 32.8 Å². The minimum Gasteiger partial charge on any atom is -0.388 e. The summed E-state index contributed by atoms with van der Waals surface area (Å²) < 4.78 is 0. The molecule has 0 aliphatic rings. The molecule has 0 bridgehead atoms. The van der Waals surface area contributed by atoms with Crippen molar-refractivity contribution in [2.75, 3.05) is 11.9 Å². The Morgan fingerprint density at radius 3 is 2.80 bits per heavy atom. The van der Waals surface area contributed by atoms with E-state index in [-0.39, 0.29) is 23.6 Å². The van der Waals surface area contributed by atoms with Crippen molar-refractivity contribution in [2.24, 2.45) is 5.92 Å². The zero-order valence-corrected chi connectivity index (χ0v) is 11.8. The van der Waals surface area contributed by atoms with Gasteiger partial charge in [0.2, 0.25) is 0 Å². The first-order valence-corrected chi connectivity index (χ1v) is 6.26. The van der Waals surface area contributed by atoms with Gasteiger partial charge in [-0.3, -0.25) is 10.1 Å². The zero-order chi connectivity index (χ0) is 15.3. The van der Waals surface area contributed by atoms with Crippen LogP contribution in [0.25, 0.3) is 0 Å². The van der Waals surface area contributed by atoms with E-state index < -0.39 is 10.5 Å². The number of rotatable bonds is 6. The summed E-state index contributed by atoms with van der Waals surface area (Å²) in [7, 11) is 0. The third-order valence-corrected chi connectivity index (χ3v) is 2.69. The minimum atomic E-state index is -0.940. The Kier molecular flexibility index (Phi) is 5.00. The Morgan fingerprint density at radius 1 is 1.65 bits per heavy atom. The number of pyridine rings is 1. The van der Waals surface area contributed by atoms with Gasteiger partial charge in [0.25, 0.3) is 5.69 Å². The molecule has 1 atom stereocenters. The predicted octanol–water partition coefficient (Wildman–Crippen LogP) is 2.07. The van der Waals surface area contributed by atoms with Crippen LogP contribution in [0.3, 0.4) is 0 Å². The van der Waals surface area contributed by atoms with Crippen LogP contribution < -0.4 is 5.32 Å². The lowest BCUT2D eigenvalue weighted by Gasteiger charge is -2.25. The smallest absolute Gasteiger partial charge is 0.289 e. The average Bonchev–Trinajstić information content (AvgIpc) is 2.34. The molecular formula is C13H18N4O3. The summed E-state index contributed by atoms with van der Waals surface area (Å²) in [5.41, 5.74) is -1.09. The van der Waals surface area contributed by atoms with E-state index in [2.05, 4.69) is 10.3 Å². The Labute approximate surface area is 117 Å². The molecule has 1 aromatic heterocycles. The second kappa shape index (κ2) is 6.30. The molecule has 108 valence electrons. The summed E-state index contributed by atoms with van der Waals surface area (Å²) in [6, 6.07) is 3.02. The molecule has 7 nitrogen and oxygen atoms in total. The number of anilines is 1. The Morgan fingerprint density at radius 2 is 2.30 bits per heavy atom. The van der Waals surface area contributed by atoms with Crippen LogP contribution in [0, 0.1) is 27.4 Å². The lowest BCUT2D eigenvalue weighted by atomic mass is 9.94. The Hall–Kier alpha value is -2.20. The molecule has 0 fully saturated rings. The molecule has 0 amide bonds. The van der Waals surface area contributed by atoms with E-state index in [0.717, 1.165) is 12.3 Å². The fourth-order valence-corrected chi connectivity index (χ4v) is 2.01. The summed E-state index contributed by atoms with van der Waals surface area (Å²) in [5, 5.41) is 32.6. The molecule has 0 spiro atoms. The van der Waals surface area contributed by atoms with Crippen LogP contribution >= 0.6 is 0 Å². The van der Waals surface area contributed by atoms with Gasteiger partial charge in [-0.05, 0) is 19.3 Å². The molecule has 0 aliphatic carbocycles. The fourth-order valence-electron chi connectivity index (χ4n) is 2.01. The van der Waals surface area contributed by atoms with Crippen molar-refractivity contribution in [3.05, 3.63) is 27.9 Å². The second-order valence-electron chi connectivity index (χ2n) is 5.41. The van der Waals surface area contributed by atoms with Gasteiger partial charge in [0, 0.05) is 12.6 Å². The summed E-state index contributed by atoms with van der Waals surface area (Å²) in [6.45, 7) is 5.90. The van der Waals surface area contributed by atoms with Crippen LogP contribution in [0.2, 0.25) is 0 Å². The number of nitrogens with one attached hydrogen (secondary N) is 1. The van der Waals surface area contributed by atoms with Gasteiger partial charge in [-0.15, -0.1) is 0 Å². The number of nitrogens with zero attached hydrogens (tertiary/aromatic N) is 3. The monoisotopic (exact) mass is 278 g/mol. The first-order chi connectivity index (χ1) is 9.25. The van der Waals surface area contributed by atoms with E-state index in [1.807, 2.05) is 19.9 Å². The van der Waals surface area contributed by atoms with E-state index in [1.54, 1.807) is 6.92 Å². The van der Waals surface area contributed by atoms with Crippen molar-refractivity contribution < 1.29 is 10.0 Å². The topological polar surface area (TPSA) is 112 Å². The van der Waals surface area contributed by atoms with Gasteiger partial charge in [-0.1, -0.05) is 13.8 Å². The van der Waals surface area contributed by atoms with Crippen LogP contribution in [0.5, 0.6) is 0 Å². The first kappa shape index (κ1) is 15.9. The molecule has 1 rings (SSSR count). The average molecular weight is 278 g/mol. The summed E-state index contributed by atoms with van der Waals surface area (Å²) in [4.78, 5) is 13.9. The fraction of sp³-hybridized carbons (Fsp3) is 0.538. The third-order valence-electron chi connectivity index (χ3n) is 2.69. The standard InChI is InChI=1S/C13H18N4O3/c1-9(2)5-13(3,18)8-16-12-10(6-14)4-11(7-15-12)17(19)20/h4,7,9,18H,5,8H2,1-3H3,(H,15,16). The molecule has 0 aliphatic heterocycles. The predicted molar refractivity (Wildman–Crippen MR) is 74.2 cm³/mol. The van der Waals surface area contributed by atoms with Crippen LogP contribution in [-0.4, -0.2) is 27.2 Å². The molecule has 20 heavy (non-hydrogen) atoms. The highest BCUT2D eigenvalue weighted by Gasteiger charge is 2.22. The van der Waals surface area contributed by atoms with Crippen LogP contribution in [0.15, 0.2) is 12.3 Å². The zero-order valence-electron chi connectivity index (χ0n) is 11.8. The molecule has 0 aromatic carbocycles. The normalized spacial score (nSPS) is 13.6. The van der Waals surface area contributed by atoms with E-state index in [9.17, 15) is 15.2 Å². The maximum atomic E-state index is 10.6. The lowest BCUT2D eigenvalue weighted by Crippen LogP contribution is -2.35. The highest BCUT2D eigenvalue weighted by Crippen LogP contribution is 2.21. The number of aromatic nitrogens is 1. The van der Waals surface area contributed by atoms with Crippen molar-refractivity contribution in [3.8, 4) is 6.07 Å². The molecule has 0 saturated carbocycles. The lowest BCUT2D eigenvalue weighted by molar-refractivity contribution is -0.385. The van der Waals surface area contributed by atoms with Crippen LogP contribution in [0.4, 0.5) is 11.5 Å². The first-order valence-electron chi connectivity index (χ1n) is 6.26. The van der Waals surface area contributed by atoms with E-state index in [1.165, 1.54) is 0 Å². The number of hydrogen-bond acceptors (Lipinski definition) is 6. The number of nitro groups is 1. The Bertz CT molecular complexity index is 535. The highest BCUT2D eigenvalue weighted by atomic mass is 16.6. The van der Waals surface area contributed by atoms with Gasteiger partial charge in [-0.2, -0.15) is 5.26 Å². The van der Waals surface area contributed by atoms with Crippen molar-refractivity contribution in [1.82, 2.24) is 4.98 Å². The van der Waals surface area contributed by atoms with Gasteiger partial charge in [0.15, 0.2) is 0 Å². The Balaban J connectivity index is 2.83. The minimum absolute atomic E-state index is 0.0829. The van der Waals surface area contributed by atoms with Crippen molar-refractivity contribution >= 4 is 11.5 Å². The van der Waals surface area contributed by atoms with E-state index in [4.69, 9.17) is 5.26 Å². The maximum Gasteiger partial charge on any atom is 0.289 e. The molecular weight excluding hydrogens is 260 g/mol. The largest absolute Gasteiger partial charge is 0.388 e. The van der Waals surface area contributed by atoms with Crippen molar-refractivity contribution in [3.63, 3.8) is 0 Å². The van der Waals surface area contributed by atoms with Gasteiger partial charge in [-0.25, -0.2) is 4.98 Å². The molecule has 1 unspecified atom stereocenters. The van der Waals surface area contributed by atoms with Gasteiger partial charge >= 0.3 is 0 Å². The SMILES string of the molecule is CC(C)CC(C)(O)CNc1ncc([N+](=O)[O-])cc1C#N. The third kappa shape index (κ3) is 4.48. The van der Waals surface area contributed by atoms with E-state index >= 15 is 0 Å². The van der Waals surface area contributed by atoms with Gasteiger partial charge < -0.3 is 10.4 Å². The second-order valence-corrected chi connectivity index (χ2v) is 5.41. The van der Waals surface area contributed by atoms with Crippen molar-refractivity contribution in [1.29, 1.82) is 5.26 Å². The molecule has 1 aromatic rings. The summed E-state index contributed by atoms with van der Waals surface area (Å²) in [5.74, 6) is 0.564. The molecule has 7 heteroatoms. The number of aliphatic hydroxyl groups is 1. The molecule has 0 radical (unpaired) electrons.